The fourth-order valence-electron chi connectivity index (χ4n) is 1.86. The van der Waals surface area contributed by atoms with Crippen molar-refractivity contribution in [2.24, 2.45) is 0 Å². The van der Waals surface area contributed by atoms with Crippen LogP contribution in [0.15, 0.2) is 12.5 Å². The fraction of sp³-hybridized carbons (Fsp3) is 0.500. The molecular formula is C12H19N7. The molecule has 0 spiro atoms. The highest BCUT2D eigenvalue weighted by Gasteiger charge is 2.14. The van der Waals surface area contributed by atoms with Crippen LogP contribution in [0.25, 0.3) is 0 Å². The van der Waals surface area contributed by atoms with Crippen molar-refractivity contribution in [1.82, 2.24) is 24.7 Å². The highest BCUT2D eigenvalue weighted by molar-refractivity contribution is 5.46. The van der Waals surface area contributed by atoms with Gasteiger partial charge in [0.05, 0.1) is 6.04 Å². The first-order chi connectivity index (χ1) is 9.11. The van der Waals surface area contributed by atoms with Gasteiger partial charge in [0.1, 0.15) is 18.0 Å². The van der Waals surface area contributed by atoms with Gasteiger partial charge in [-0.15, -0.1) is 0 Å². The average Bonchev–Trinajstić information content (AvgIpc) is 2.82. The predicted octanol–water partition coefficient (Wildman–Crippen LogP) is 1.54. The third kappa shape index (κ3) is 2.98. The van der Waals surface area contributed by atoms with E-state index in [-0.39, 0.29) is 12.0 Å². The number of nitrogens with one attached hydrogen (secondary N) is 1. The summed E-state index contributed by atoms with van der Waals surface area (Å²) in [6.07, 6.45) is 4.29. The number of hydrogen-bond donors (Lipinski definition) is 2. The van der Waals surface area contributed by atoms with Gasteiger partial charge in [-0.05, 0) is 20.3 Å². The van der Waals surface area contributed by atoms with Gasteiger partial charge in [-0.3, -0.25) is 0 Å². The summed E-state index contributed by atoms with van der Waals surface area (Å²) in [5.74, 6) is 1.87. The maximum Gasteiger partial charge on any atom is 0.221 e. The predicted molar refractivity (Wildman–Crippen MR) is 73.5 cm³/mol. The van der Waals surface area contributed by atoms with E-state index in [0.717, 1.165) is 30.2 Å². The fourth-order valence-corrected chi connectivity index (χ4v) is 1.86. The Kier molecular flexibility index (Phi) is 3.94. The maximum atomic E-state index is 5.60. The topological polar surface area (TPSA) is 94.5 Å². The number of anilines is 2. The maximum absolute atomic E-state index is 5.60. The summed E-state index contributed by atoms with van der Waals surface area (Å²) in [7, 11) is 0. The molecular weight excluding hydrogens is 242 g/mol. The molecule has 2 heterocycles. The normalized spacial score (nSPS) is 12.4. The van der Waals surface area contributed by atoms with Crippen molar-refractivity contribution >= 4 is 11.8 Å². The van der Waals surface area contributed by atoms with E-state index in [1.54, 1.807) is 12.5 Å². The summed E-state index contributed by atoms with van der Waals surface area (Å²) in [5, 5.41) is 7.51. The smallest absolute Gasteiger partial charge is 0.221 e. The van der Waals surface area contributed by atoms with Gasteiger partial charge in [-0.25, -0.2) is 14.6 Å². The molecule has 2 rings (SSSR count). The van der Waals surface area contributed by atoms with E-state index in [1.165, 1.54) is 0 Å². The molecule has 7 nitrogen and oxygen atoms in total. The van der Waals surface area contributed by atoms with Crippen molar-refractivity contribution in [3.63, 3.8) is 0 Å². The van der Waals surface area contributed by atoms with E-state index >= 15 is 0 Å². The van der Waals surface area contributed by atoms with Crippen molar-refractivity contribution < 1.29 is 0 Å². The molecule has 0 saturated carbocycles. The molecule has 1 atom stereocenters. The molecule has 0 fully saturated rings. The molecule has 0 amide bonds. The third-order valence-corrected chi connectivity index (χ3v) is 2.81. The number of nitrogens with zero attached hydrogens (tertiary/aromatic N) is 5. The highest BCUT2D eigenvalue weighted by atomic mass is 15.3. The number of nitrogen functional groups attached to an aromatic ring is 1. The Morgan fingerprint density at radius 3 is 2.95 bits per heavy atom. The zero-order valence-corrected chi connectivity index (χ0v) is 11.5. The van der Waals surface area contributed by atoms with Crippen LogP contribution in [0.3, 0.4) is 0 Å². The van der Waals surface area contributed by atoms with Gasteiger partial charge in [0.25, 0.3) is 0 Å². The molecule has 0 saturated heterocycles. The SMILES string of the molecule is CCCn1ncnc1C(C)Nc1nc(N)ncc1C. The van der Waals surface area contributed by atoms with Crippen LogP contribution in [-0.4, -0.2) is 24.7 Å². The summed E-state index contributed by atoms with van der Waals surface area (Å²) >= 11 is 0. The van der Waals surface area contributed by atoms with Crippen molar-refractivity contribution in [3.8, 4) is 0 Å². The molecule has 2 aromatic heterocycles. The van der Waals surface area contributed by atoms with Crippen molar-refractivity contribution in [1.29, 1.82) is 0 Å². The van der Waals surface area contributed by atoms with E-state index in [4.69, 9.17) is 5.73 Å². The van der Waals surface area contributed by atoms with Crippen LogP contribution in [0.2, 0.25) is 0 Å². The molecule has 3 N–H and O–H groups in total. The second-order valence-corrected chi connectivity index (χ2v) is 4.47. The lowest BCUT2D eigenvalue weighted by Gasteiger charge is -2.16. The van der Waals surface area contributed by atoms with Crippen LogP contribution in [0, 0.1) is 6.92 Å². The van der Waals surface area contributed by atoms with Crippen LogP contribution >= 0.6 is 0 Å². The van der Waals surface area contributed by atoms with Gasteiger partial charge in [0, 0.05) is 18.3 Å². The van der Waals surface area contributed by atoms with E-state index in [9.17, 15) is 0 Å². The number of aryl methyl sites for hydroxylation is 2. The Bertz CT molecular complexity index is 549. The molecule has 102 valence electrons. The molecule has 0 bridgehead atoms. The summed E-state index contributed by atoms with van der Waals surface area (Å²) in [5.41, 5.74) is 6.55. The number of hydrogen-bond acceptors (Lipinski definition) is 6. The summed E-state index contributed by atoms with van der Waals surface area (Å²) in [6, 6.07) is 0.00190. The number of rotatable bonds is 5. The first-order valence-corrected chi connectivity index (χ1v) is 6.35. The molecule has 1 unspecified atom stereocenters. The molecule has 7 heteroatoms. The summed E-state index contributed by atoms with van der Waals surface area (Å²) in [6.45, 7) is 6.92. The Morgan fingerprint density at radius 2 is 2.21 bits per heavy atom. The third-order valence-electron chi connectivity index (χ3n) is 2.81. The minimum atomic E-state index is 0.00190. The van der Waals surface area contributed by atoms with Gasteiger partial charge < -0.3 is 11.1 Å². The first-order valence-electron chi connectivity index (χ1n) is 6.35. The second kappa shape index (κ2) is 5.64. The average molecular weight is 261 g/mol. The standard InChI is InChI=1S/C12H19N7/c1-4-5-19-11(15-7-16-19)9(3)17-10-8(2)6-14-12(13)18-10/h6-7,9H,4-5H2,1-3H3,(H3,13,14,17,18). The molecule has 2 aromatic rings. The van der Waals surface area contributed by atoms with Gasteiger partial charge in [0.15, 0.2) is 0 Å². The van der Waals surface area contributed by atoms with Crippen LogP contribution in [-0.2, 0) is 6.54 Å². The Morgan fingerprint density at radius 1 is 1.42 bits per heavy atom. The van der Waals surface area contributed by atoms with E-state index in [0.29, 0.717) is 0 Å². The highest BCUT2D eigenvalue weighted by Crippen LogP contribution is 2.19. The number of nitrogens with two attached hydrogens (primary N) is 1. The molecule has 0 aromatic carbocycles. The summed E-state index contributed by atoms with van der Waals surface area (Å²) in [4.78, 5) is 12.4. The second-order valence-electron chi connectivity index (χ2n) is 4.47. The van der Waals surface area contributed by atoms with Crippen molar-refractivity contribution in [2.45, 2.75) is 39.8 Å². The Hall–Kier alpha value is -2.18. The quantitative estimate of drug-likeness (QED) is 0.847. The zero-order chi connectivity index (χ0) is 13.8. The van der Waals surface area contributed by atoms with E-state index < -0.39 is 0 Å². The molecule has 0 radical (unpaired) electrons. The van der Waals surface area contributed by atoms with Crippen molar-refractivity contribution in [3.05, 3.63) is 23.9 Å². The molecule has 0 aliphatic heterocycles. The first kappa shape index (κ1) is 13.3. The summed E-state index contributed by atoms with van der Waals surface area (Å²) < 4.78 is 1.90. The minimum Gasteiger partial charge on any atom is -0.368 e. The van der Waals surface area contributed by atoms with Gasteiger partial charge in [-0.2, -0.15) is 10.1 Å². The largest absolute Gasteiger partial charge is 0.368 e. The van der Waals surface area contributed by atoms with Gasteiger partial charge >= 0.3 is 0 Å². The zero-order valence-electron chi connectivity index (χ0n) is 11.5. The lowest BCUT2D eigenvalue weighted by Crippen LogP contribution is -2.16. The van der Waals surface area contributed by atoms with Gasteiger partial charge in [-0.1, -0.05) is 6.92 Å². The monoisotopic (exact) mass is 261 g/mol. The van der Waals surface area contributed by atoms with E-state index in [1.807, 2.05) is 18.5 Å². The van der Waals surface area contributed by atoms with Crippen LogP contribution in [0.5, 0.6) is 0 Å². The van der Waals surface area contributed by atoms with Crippen molar-refractivity contribution in [2.75, 3.05) is 11.1 Å². The van der Waals surface area contributed by atoms with E-state index in [2.05, 4.69) is 32.3 Å². The van der Waals surface area contributed by atoms with Gasteiger partial charge in [0.2, 0.25) is 5.95 Å². The van der Waals surface area contributed by atoms with Crippen LogP contribution in [0.4, 0.5) is 11.8 Å². The Balaban J connectivity index is 2.18. The minimum absolute atomic E-state index is 0.00190. The Labute approximate surface area is 112 Å². The van der Waals surface area contributed by atoms with Crippen LogP contribution < -0.4 is 11.1 Å². The molecule has 0 aliphatic rings. The molecule has 0 aliphatic carbocycles. The lowest BCUT2D eigenvalue weighted by atomic mass is 10.2. The van der Waals surface area contributed by atoms with Crippen LogP contribution in [0.1, 0.15) is 37.7 Å². The number of aromatic nitrogens is 5. The lowest BCUT2D eigenvalue weighted by molar-refractivity contribution is 0.553. The molecule has 19 heavy (non-hydrogen) atoms.